The predicted octanol–water partition coefficient (Wildman–Crippen LogP) is 7.01. The number of aromatic nitrogens is 2. The van der Waals surface area contributed by atoms with E-state index in [1.165, 1.54) is 11.8 Å². The Balaban J connectivity index is 1.67. The van der Waals surface area contributed by atoms with Crippen LogP contribution in [-0.4, -0.2) is 22.5 Å². The minimum absolute atomic E-state index is 0.203. The van der Waals surface area contributed by atoms with Gasteiger partial charge in [0.2, 0.25) is 0 Å². The largest absolute Gasteiger partial charge is 0.463 e. The first kappa shape index (κ1) is 26.3. The number of hydrogen-bond acceptors (Lipinski definition) is 6. The summed E-state index contributed by atoms with van der Waals surface area (Å²) >= 11 is 11.2. The lowest BCUT2D eigenvalue weighted by atomic mass is 9.81. The molecular weight excluding hydrogens is 586 g/mol. The fraction of sp³-hybridized carbons (Fsp3) is 0.138. The molecule has 5 rings (SSSR count). The van der Waals surface area contributed by atoms with E-state index in [4.69, 9.17) is 21.3 Å². The maximum atomic E-state index is 13.6. The van der Waals surface area contributed by atoms with Gasteiger partial charge in [-0.2, -0.15) is 0 Å². The van der Waals surface area contributed by atoms with Gasteiger partial charge in [0.1, 0.15) is 5.82 Å². The number of rotatable bonds is 7. The van der Waals surface area contributed by atoms with Crippen LogP contribution >= 0.6 is 39.3 Å². The number of nitrogens with one attached hydrogen (secondary N) is 2. The van der Waals surface area contributed by atoms with Crippen molar-refractivity contribution in [3.8, 4) is 0 Å². The SMILES string of the molecule is CCOC(=O)C1=C(c2ccccc2)Nc2nc(SCc3ccccc3Cl)[nH]c(=O)c2C1c1cccc(Br)c1. The zero-order valence-electron chi connectivity index (χ0n) is 20.3. The number of fused-ring (bicyclic) bond motifs is 1. The topological polar surface area (TPSA) is 84.1 Å². The average molecular weight is 609 g/mol. The van der Waals surface area contributed by atoms with E-state index >= 15 is 0 Å². The Morgan fingerprint density at radius 2 is 1.84 bits per heavy atom. The number of nitrogens with zero attached hydrogens (tertiary/aromatic N) is 1. The van der Waals surface area contributed by atoms with E-state index in [-0.39, 0.29) is 12.2 Å². The number of hydrogen-bond donors (Lipinski definition) is 2. The lowest BCUT2D eigenvalue weighted by Gasteiger charge is -2.30. The summed E-state index contributed by atoms with van der Waals surface area (Å²) in [6.45, 7) is 1.96. The monoisotopic (exact) mass is 607 g/mol. The first-order valence-corrected chi connectivity index (χ1v) is 14.1. The second kappa shape index (κ2) is 11.6. The number of thioether (sulfide) groups is 1. The first-order chi connectivity index (χ1) is 18.5. The molecule has 0 bridgehead atoms. The van der Waals surface area contributed by atoms with Crippen LogP contribution in [0.25, 0.3) is 5.70 Å². The Bertz CT molecular complexity index is 1590. The van der Waals surface area contributed by atoms with Gasteiger partial charge in [0.15, 0.2) is 5.16 Å². The minimum Gasteiger partial charge on any atom is -0.463 e. The highest BCUT2D eigenvalue weighted by Crippen LogP contribution is 2.43. The number of ether oxygens (including phenoxy) is 1. The number of esters is 1. The number of H-pyrrole nitrogens is 1. The zero-order valence-corrected chi connectivity index (χ0v) is 23.5. The lowest BCUT2D eigenvalue weighted by Crippen LogP contribution is -2.31. The summed E-state index contributed by atoms with van der Waals surface area (Å²) in [6, 6.07) is 24.6. The Labute approximate surface area is 237 Å². The lowest BCUT2D eigenvalue weighted by molar-refractivity contribution is -0.138. The fourth-order valence-electron chi connectivity index (χ4n) is 4.41. The molecule has 1 aliphatic heterocycles. The van der Waals surface area contributed by atoms with Crippen molar-refractivity contribution in [3.63, 3.8) is 0 Å². The number of carbonyl (C=O) groups excluding carboxylic acids is 1. The van der Waals surface area contributed by atoms with Gasteiger partial charge in [-0.15, -0.1) is 0 Å². The third-order valence-corrected chi connectivity index (χ3v) is 7.87. The zero-order chi connectivity index (χ0) is 26.6. The average Bonchev–Trinajstić information content (AvgIpc) is 2.92. The molecular formula is C29H23BrClN3O3S. The van der Waals surface area contributed by atoms with Crippen LogP contribution in [0.3, 0.4) is 0 Å². The normalized spacial score (nSPS) is 14.6. The molecule has 0 amide bonds. The van der Waals surface area contributed by atoms with Gasteiger partial charge in [0, 0.05) is 15.2 Å². The predicted molar refractivity (Wildman–Crippen MR) is 155 cm³/mol. The number of halogens is 2. The van der Waals surface area contributed by atoms with Crippen molar-refractivity contribution in [2.45, 2.75) is 23.8 Å². The number of carbonyl (C=O) groups is 1. The van der Waals surface area contributed by atoms with Crippen LogP contribution in [0.1, 0.15) is 35.1 Å². The van der Waals surface area contributed by atoms with Crippen LogP contribution in [0.5, 0.6) is 0 Å². The van der Waals surface area contributed by atoms with Gasteiger partial charge in [-0.05, 0) is 41.8 Å². The molecule has 0 saturated heterocycles. The molecule has 0 radical (unpaired) electrons. The standard InChI is InChI=1S/C29H23BrClN3O3S/c1-2-37-28(36)23-22(18-12-8-13-20(30)15-18)24-26(32-25(23)17-9-4-3-5-10-17)33-29(34-27(24)35)38-16-19-11-6-7-14-21(19)31/h3-15,22H,2,16H2,1H3,(H2,32,33,34,35). The molecule has 0 saturated carbocycles. The Morgan fingerprint density at radius 3 is 2.58 bits per heavy atom. The Morgan fingerprint density at radius 1 is 1.08 bits per heavy atom. The molecule has 4 aromatic rings. The molecule has 1 unspecified atom stereocenters. The summed E-state index contributed by atoms with van der Waals surface area (Å²) in [5, 5.41) is 4.40. The van der Waals surface area contributed by atoms with Crippen molar-refractivity contribution in [2.75, 3.05) is 11.9 Å². The van der Waals surface area contributed by atoms with Crippen LogP contribution in [0, 0.1) is 0 Å². The number of anilines is 1. The third-order valence-electron chi connectivity index (χ3n) is 6.09. The molecule has 1 aromatic heterocycles. The van der Waals surface area contributed by atoms with Crippen molar-refractivity contribution in [1.82, 2.24) is 9.97 Å². The van der Waals surface area contributed by atoms with Crippen LogP contribution in [0.4, 0.5) is 5.82 Å². The van der Waals surface area contributed by atoms with E-state index in [0.717, 1.165) is 21.2 Å². The van der Waals surface area contributed by atoms with Gasteiger partial charge in [-0.1, -0.05) is 100.0 Å². The molecule has 2 heterocycles. The molecule has 9 heteroatoms. The van der Waals surface area contributed by atoms with Gasteiger partial charge >= 0.3 is 5.97 Å². The highest BCUT2D eigenvalue weighted by Gasteiger charge is 2.38. The van der Waals surface area contributed by atoms with Crippen LogP contribution < -0.4 is 10.9 Å². The summed E-state index contributed by atoms with van der Waals surface area (Å²) in [7, 11) is 0. The van der Waals surface area contributed by atoms with E-state index in [2.05, 4.69) is 26.2 Å². The van der Waals surface area contributed by atoms with Crippen LogP contribution in [0.15, 0.2) is 98.9 Å². The highest BCUT2D eigenvalue weighted by atomic mass is 79.9. The molecule has 192 valence electrons. The summed E-state index contributed by atoms with van der Waals surface area (Å²) < 4.78 is 6.32. The maximum absolute atomic E-state index is 13.6. The summed E-state index contributed by atoms with van der Waals surface area (Å²) in [5.41, 5.74) is 3.43. The molecule has 38 heavy (non-hydrogen) atoms. The molecule has 0 aliphatic carbocycles. The van der Waals surface area contributed by atoms with Gasteiger partial charge < -0.3 is 15.0 Å². The molecule has 1 atom stereocenters. The quantitative estimate of drug-likeness (QED) is 0.133. The molecule has 3 aromatic carbocycles. The van der Waals surface area contributed by atoms with Crippen molar-refractivity contribution in [3.05, 3.63) is 127 Å². The summed E-state index contributed by atoms with van der Waals surface area (Å²) in [5.74, 6) is -0.262. The Kier molecular flexibility index (Phi) is 8.02. The van der Waals surface area contributed by atoms with E-state index < -0.39 is 11.9 Å². The fourth-order valence-corrected chi connectivity index (χ4v) is 5.97. The van der Waals surface area contributed by atoms with E-state index in [0.29, 0.717) is 38.6 Å². The second-order valence-corrected chi connectivity index (χ2v) is 10.8. The van der Waals surface area contributed by atoms with E-state index in [1.54, 1.807) is 6.92 Å². The van der Waals surface area contributed by atoms with Crippen molar-refractivity contribution in [1.29, 1.82) is 0 Å². The summed E-state index contributed by atoms with van der Waals surface area (Å²) in [4.78, 5) is 34.8. The number of benzene rings is 3. The maximum Gasteiger partial charge on any atom is 0.337 e. The van der Waals surface area contributed by atoms with Crippen LogP contribution in [-0.2, 0) is 15.3 Å². The molecule has 6 nitrogen and oxygen atoms in total. The van der Waals surface area contributed by atoms with Gasteiger partial charge in [0.25, 0.3) is 5.56 Å². The smallest absolute Gasteiger partial charge is 0.337 e. The van der Waals surface area contributed by atoms with E-state index in [9.17, 15) is 9.59 Å². The van der Waals surface area contributed by atoms with Crippen molar-refractivity contribution >= 4 is 56.8 Å². The van der Waals surface area contributed by atoms with Crippen molar-refractivity contribution < 1.29 is 9.53 Å². The van der Waals surface area contributed by atoms with Gasteiger partial charge in [-0.25, -0.2) is 9.78 Å². The second-order valence-electron chi connectivity index (χ2n) is 8.50. The van der Waals surface area contributed by atoms with E-state index in [1.807, 2.05) is 78.9 Å². The highest BCUT2D eigenvalue weighted by molar-refractivity contribution is 9.10. The Hall–Kier alpha value is -3.33. The third kappa shape index (κ3) is 5.43. The van der Waals surface area contributed by atoms with Crippen molar-refractivity contribution in [2.24, 2.45) is 0 Å². The molecule has 2 N–H and O–H groups in total. The summed E-state index contributed by atoms with van der Waals surface area (Å²) in [6.07, 6.45) is 0. The van der Waals surface area contributed by atoms with Gasteiger partial charge in [-0.3, -0.25) is 4.79 Å². The van der Waals surface area contributed by atoms with Crippen LogP contribution in [0.2, 0.25) is 5.02 Å². The van der Waals surface area contributed by atoms with Gasteiger partial charge in [0.05, 0.1) is 29.4 Å². The molecule has 1 aliphatic rings. The number of aromatic amines is 1. The first-order valence-electron chi connectivity index (χ1n) is 12.0. The minimum atomic E-state index is -0.697. The molecule has 0 spiro atoms. The molecule has 0 fully saturated rings.